The van der Waals surface area contributed by atoms with Gasteiger partial charge in [-0.1, -0.05) is 6.07 Å². The molecule has 0 bridgehead atoms. The van der Waals surface area contributed by atoms with Gasteiger partial charge in [-0.05, 0) is 18.3 Å². The zero-order valence-corrected chi connectivity index (χ0v) is 4.94. The Morgan fingerprint density at radius 3 is 3.00 bits per heavy atom. The Morgan fingerprint density at radius 2 is 2.71 bits per heavy atom. The molecule has 1 heterocycles. The van der Waals surface area contributed by atoms with E-state index in [0.29, 0.717) is 0 Å². The van der Waals surface area contributed by atoms with Gasteiger partial charge in [-0.3, -0.25) is 0 Å². The molecule has 1 radical (unpaired) electrons. The van der Waals surface area contributed by atoms with E-state index in [9.17, 15) is 0 Å². The van der Waals surface area contributed by atoms with E-state index >= 15 is 0 Å². The van der Waals surface area contributed by atoms with Gasteiger partial charge in [0.1, 0.15) is 0 Å². The highest BCUT2D eigenvalue weighted by molar-refractivity contribution is 7.24. The van der Waals surface area contributed by atoms with Crippen LogP contribution in [0.3, 0.4) is 0 Å². The van der Waals surface area contributed by atoms with Crippen LogP contribution >= 0.6 is 8.35 Å². The van der Waals surface area contributed by atoms with Crippen molar-refractivity contribution in [3.63, 3.8) is 0 Å². The summed E-state index contributed by atoms with van der Waals surface area (Å²) in [6, 6.07) is 2.01. The first kappa shape index (κ1) is 4.73. The van der Waals surface area contributed by atoms with Crippen LogP contribution in [0.25, 0.3) is 0 Å². The molecule has 0 aromatic carbocycles. The Bertz CT molecular complexity index is 138. The number of nitrogens with zero attached hydrogens (tertiary/aromatic N) is 1. The minimum absolute atomic E-state index is 1.01. The first-order valence-corrected chi connectivity index (χ1v) is 2.97. The van der Waals surface area contributed by atoms with Crippen LogP contribution in [0, 0.1) is 13.1 Å². The standard InChI is InChI=1S/C5H5NP/c1-5-2-3-7-6-4-5/h2-3H,1H3. The zero-order valence-electron chi connectivity index (χ0n) is 4.05. The van der Waals surface area contributed by atoms with Gasteiger partial charge in [0.2, 0.25) is 0 Å². The normalized spacial score (nSPS) is 9.86. The lowest BCUT2D eigenvalue weighted by molar-refractivity contribution is 1.38. The van der Waals surface area contributed by atoms with E-state index in [1.807, 2.05) is 18.8 Å². The molecular formula is C5H5NP. The molecular weight excluding hydrogens is 105 g/mol. The Kier molecular flexibility index (Phi) is 1.38. The summed E-state index contributed by atoms with van der Waals surface area (Å²) in [5, 5.41) is 0. The van der Waals surface area contributed by atoms with Gasteiger partial charge in [-0.15, -0.1) is 0 Å². The summed E-state index contributed by atoms with van der Waals surface area (Å²) in [5.74, 6) is 1.99. The molecule has 0 aliphatic heterocycles. The van der Waals surface area contributed by atoms with Crippen LogP contribution in [0.4, 0.5) is 0 Å². The summed E-state index contributed by atoms with van der Waals surface area (Å²) in [5.41, 5.74) is 1.11. The molecule has 0 saturated heterocycles. The van der Waals surface area contributed by atoms with E-state index in [2.05, 4.69) is 10.9 Å². The third-order valence-corrected chi connectivity index (χ3v) is 1.17. The van der Waals surface area contributed by atoms with Gasteiger partial charge in [0, 0.05) is 8.35 Å². The highest BCUT2D eigenvalue weighted by Crippen LogP contribution is 1.97. The number of hydrogen-bond acceptors (Lipinski definition) is 1. The van der Waals surface area contributed by atoms with Gasteiger partial charge >= 0.3 is 0 Å². The lowest BCUT2D eigenvalue weighted by Gasteiger charge is -1.79. The molecule has 0 atom stereocenters. The van der Waals surface area contributed by atoms with E-state index in [-0.39, 0.29) is 0 Å². The van der Waals surface area contributed by atoms with E-state index in [1.165, 1.54) is 0 Å². The van der Waals surface area contributed by atoms with Crippen molar-refractivity contribution in [2.75, 3.05) is 0 Å². The van der Waals surface area contributed by atoms with Crippen LogP contribution in [-0.4, -0.2) is 4.75 Å². The van der Waals surface area contributed by atoms with Crippen molar-refractivity contribution in [2.24, 2.45) is 0 Å². The number of rotatable bonds is 0. The Balaban J connectivity index is 3.02. The van der Waals surface area contributed by atoms with E-state index in [1.54, 1.807) is 0 Å². The maximum atomic E-state index is 3.86. The third kappa shape index (κ3) is 1.24. The predicted molar refractivity (Wildman–Crippen MR) is 30.3 cm³/mol. The molecule has 0 unspecified atom stereocenters. The number of aryl methyl sites for hydroxylation is 1. The fourth-order valence-corrected chi connectivity index (χ4v) is 0.896. The van der Waals surface area contributed by atoms with Crippen molar-refractivity contribution >= 4 is 8.35 Å². The first-order valence-electron chi connectivity index (χ1n) is 2.05. The van der Waals surface area contributed by atoms with Gasteiger partial charge in [0.15, 0.2) is 0 Å². The van der Waals surface area contributed by atoms with Gasteiger partial charge in [-0.25, -0.2) is 4.75 Å². The van der Waals surface area contributed by atoms with Crippen molar-refractivity contribution < 1.29 is 0 Å². The minimum Gasteiger partial charge on any atom is -0.225 e. The van der Waals surface area contributed by atoms with E-state index in [4.69, 9.17) is 0 Å². The molecule has 0 fully saturated rings. The second-order valence-electron chi connectivity index (χ2n) is 1.33. The molecule has 35 valence electrons. The summed E-state index contributed by atoms with van der Waals surface area (Å²) >= 11 is 0. The zero-order chi connectivity index (χ0) is 5.11. The fraction of sp³-hybridized carbons (Fsp3) is 0.200. The maximum Gasteiger partial charge on any atom is 0.0971 e. The van der Waals surface area contributed by atoms with Crippen molar-refractivity contribution in [3.8, 4) is 0 Å². The average molecular weight is 110 g/mol. The van der Waals surface area contributed by atoms with Crippen LogP contribution < -0.4 is 0 Å². The average Bonchev–Trinajstić information content (AvgIpc) is 1.69. The van der Waals surface area contributed by atoms with Gasteiger partial charge < -0.3 is 0 Å². The molecule has 1 aromatic heterocycles. The molecule has 0 spiro atoms. The lowest BCUT2D eigenvalue weighted by atomic mass is 10.4. The van der Waals surface area contributed by atoms with Crippen molar-refractivity contribution in [1.29, 1.82) is 0 Å². The molecule has 1 rings (SSSR count). The highest BCUT2D eigenvalue weighted by Gasteiger charge is 1.75. The highest BCUT2D eigenvalue weighted by atomic mass is 31.0. The molecule has 0 saturated carbocycles. The number of aromatic nitrogens is 1. The van der Waals surface area contributed by atoms with Crippen molar-refractivity contribution in [2.45, 2.75) is 6.92 Å². The summed E-state index contributed by atoms with van der Waals surface area (Å²) < 4.78 is 3.86. The van der Waals surface area contributed by atoms with E-state index < -0.39 is 0 Å². The largest absolute Gasteiger partial charge is 0.225 e. The van der Waals surface area contributed by atoms with Gasteiger partial charge in [0.05, 0.1) is 6.20 Å². The molecule has 0 amide bonds. The van der Waals surface area contributed by atoms with Crippen LogP contribution in [0.1, 0.15) is 5.56 Å². The van der Waals surface area contributed by atoms with E-state index in [0.717, 1.165) is 13.9 Å². The smallest absolute Gasteiger partial charge is 0.0971 e. The first-order chi connectivity index (χ1) is 3.39. The van der Waals surface area contributed by atoms with Crippen LogP contribution in [0.2, 0.25) is 0 Å². The van der Waals surface area contributed by atoms with Crippen LogP contribution in [-0.2, 0) is 0 Å². The van der Waals surface area contributed by atoms with Gasteiger partial charge in [-0.2, -0.15) is 0 Å². The summed E-state index contributed by atoms with van der Waals surface area (Å²) in [6.07, 6.45) is 2.82. The Labute approximate surface area is 44.6 Å². The fourth-order valence-electron chi connectivity index (χ4n) is 0.323. The summed E-state index contributed by atoms with van der Waals surface area (Å²) in [6.45, 7) is 1.98. The minimum atomic E-state index is 1.01. The second-order valence-corrected chi connectivity index (χ2v) is 2.06. The second kappa shape index (κ2) is 2.04. The third-order valence-electron chi connectivity index (χ3n) is 0.675. The molecule has 0 aliphatic carbocycles. The SMILES string of the molecule is Cc1[c]npcc1. The van der Waals surface area contributed by atoms with Crippen LogP contribution in [0.15, 0.2) is 11.9 Å². The van der Waals surface area contributed by atoms with Crippen molar-refractivity contribution in [1.82, 2.24) is 4.75 Å². The molecule has 2 heteroatoms. The molecule has 0 N–H and O–H groups in total. The Morgan fingerprint density at radius 1 is 1.86 bits per heavy atom. The molecule has 1 nitrogen and oxygen atoms in total. The van der Waals surface area contributed by atoms with Crippen LogP contribution in [0.5, 0.6) is 0 Å². The molecule has 7 heavy (non-hydrogen) atoms. The predicted octanol–water partition coefficient (Wildman–Crippen LogP) is 1.77. The molecule has 1 aromatic rings. The van der Waals surface area contributed by atoms with Gasteiger partial charge in [0.25, 0.3) is 0 Å². The summed E-state index contributed by atoms with van der Waals surface area (Å²) in [4.78, 5) is 0. The topological polar surface area (TPSA) is 12.9 Å². The Hall–Kier alpha value is -0.420. The van der Waals surface area contributed by atoms with Crippen molar-refractivity contribution in [3.05, 3.63) is 23.6 Å². The lowest BCUT2D eigenvalue weighted by Crippen LogP contribution is -1.65. The monoisotopic (exact) mass is 110 g/mol. The maximum absolute atomic E-state index is 3.86. The summed E-state index contributed by atoms with van der Waals surface area (Å²) in [7, 11) is 1.01. The number of hydrogen-bond donors (Lipinski definition) is 0. The molecule has 0 aliphatic rings. The quantitative estimate of drug-likeness (QED) is 0.496.